The topological polar surface area (TPSA) is 48.3 Å². The Balaban J connectivity index is 3.31. The minimum atomic E-state index is -0.419. The number of aromatic nitrogens is 1. The first kappa shape index (κ1) is 10.5. The van der Waals surface area contributed by atoms with Crippen molar-refractivity contribution in [2.75, 3.05) is 7.11 Å². The van der Waals surface area contributed by atoms with Gasteiger partial charge in [0.25, 0.3) is 0 Å². The van der Waals surface area contributed by atoms with Gasteiger partial charge in [-0.25, -0.2) is 4.79 Å². The average Bonchev–Trinajstić information content (AvgIpc) is 2.41. The van der Waals surface area contributed by atoms with Crippen LogP contribution in [0.1, 0.15) is 33.5 Å². The normalized spacial score (nSPS) is 10.0. The SMILES string of the molecule is COC(=O)c1c(C)cc(C(C)=O)n1C. The molecule has 0 fully saturated rings. The lowest BCUT2D eigenvalue weighted by Gasteiger charge is -2.04. The molecule has 76 valence electrons. The Bertz CT molecular complexity index is 390. The van der Waals surface area contributed by atoms with Crippen molar-refractivity contribution >= 4 is 11.8 Å². The quantitative estimate of drug-likeness (QED) is 0.528. The Kier molecular flexibility index (Phi) is 2.74. The van der Waals surface area contributed by atoms with Gasteiger partial charge in [-0.05, 0) is 18.6 Å². The van der Waals surface area contributed by atoms with Crippen molar-refractivity contribution < 1.29 is 14.3 Å². The zero-order valence-corrected chi connectivity index (χ0v) is 8.75. The molecule has 0 saturated heterocycles. The van der Waals surface area contributed by atoms with Crippen LogP contribution in [0.5, 0.6) is 0 Å². The fourth-order valence-electron chi connectivity index (χ4n) is 1.49. The highest BCUT2D eigenvalue weighted by Gasteiger charge is 2.18. The summed E-state index contributed by atoms with van der Waals surface area (Å²) >= 11 is 0. The van der Waals surface area contributed by atoms with Crippen molar-refractivity contribution in [2.45, 2.75) is 13.8 Å². The molecule has 0 N–H and O–H groups in total. The molecule has 0 bridgehead atoms. The third-order valence-corrected chi connectivity index (χ3v) is 2.16. The summed E-state index contributed by atoms with van der Waals surface area (Å²) in [7, 11) is 3.00. The van der Waals surface area contributed by atoms with Crippen molar-refractivity contribution in [1.29, 1.82) is 0 Å². The van der Waals surface area contributed by atoms with E-state index >= 15 is 0 Å². The summed E-state index contributed by atoms with van der Waals surface area (Å²) in [5.74, 6) is -0.483. The van der Waals surface area contributed by atoms with Crippen molar-refractivity contribution in [2.24, 2.45) is 7.05 Å². The zero-order chi connectivity index (χ0) is 10.9. The predicted octanol–water partition coefficient (Wildman–Crippen LogP) is 1.32. The molecule has 0 radical (unpaired) electrons. The maximum Gasteiger partial charge on any atom is 0.354 e. The largest absolute Gasteiger partial charge is 0.464 e. The number of nitrogens with zero attached hydrogens (tertiary/aromatic N) is 1. The van der Waals surface area contributed by atoms with Crippen LogP contribution in [0.2, 0.25) is 0 Å². The van der Waals surface area contributed by atoms with Crippen LogP contribution in [0.15, 0.2) is 6.07 Å². The molecule has 0 unspecified atom stereocenters. The van der Waals surface area contributed by atoms with E-state index in [1.54, 1.807) is 24.6 Å². The molecule has 0 saturated carbocycles. The predicted molar refractivity (Wildman–Crippen MR) is 51.5 cm³/mol. The number of carbonyl (C=O) groups is 2. The lowest BCUT2D eigenvalue weighted by atomic mass is 10.2. The number of Topliss-reactive ketones (excluding diaryl/α,β-unsaturated/α-hetero) is 1. The first-order valence-electron chi connectivity index (χ1n) is 4.24. The number of carbonyl (C=O) groups excluding carboxylic acids is 2. The lowest BCUT2D eigenvalue weighted by molar-refractivity contribution is 0.0589. The van der Waals surface area contributed by atoms with Gasteiger partial charge in [-0.15, -0.1) is 0 Å². The Morgan fingerprint density at radius 3 is 2.36 bits per heavy atom. The molecule has 1 rings (SSSR count). The molecule has 0 aliphatic rings. The highest BCUT2D eigenvalue weighted by atomic mass is 16.5. The van der Waals surface area contributed by atoms with Crippen LogP contribution >= 0.6 is 0 Å². The van der Waals surface area contributed by atoms with Crippen molar-refractivity contribution in [1.82, 2.24) is 4.57 Å². The minimum Gasteiger partial charge on any atom is -0.464 e. The van der Waals surface area contributed by atoms with Gasteiger partial charge < -0.3 is 9.30 Å². The summed E-state index contributed by atoms with van der Waals surface area (Å²) in [5.41, 5.74) is 1.70. The summed E-state index contributed by atoms with van der Waals surface area (Å²) in [6, 6.07) is 1.69. The maximum atomic E-state index is 11.3. The van der Waals surface area contributed by atoms with E-state index in [-0.39, 0.29) is 5.78 Å². The molecule has 0 aliphatic heterocycles. The van der Waals surface area contributed by atoms with Crippen molar-refractivity contribution in [3.63, 3.8) is 0 Å². The van der Waals surface area contributed by atoms with Gasteiger partial charge in [-0.1, -0.05) is 0 Å². The molecule has 14 heavy (non-hydrogen) atoms. The van der Waals surface area contributed by atoms with E-state index in [0.717, 1.165) is 5.56 Å². The van der Waals surface area contributed by atoms with E-state index in [0.29, 0.717) is 11.4 Å². The van der Waals surface area contributed by atoms with Crippen LogP contribution in [0.25, 0.3) is 0 Å². The Morgan fingerprint density at radius 1 is 1.43 bits per heavy atom. The van der Waals surface area contributed by atoms with Gasteiger partial charge >= 0.3 is 5.97 Å². The molecule has 4 heteroatoms. The van der Waals surface area contributed by atoms with Crippen LogP contribution in [0.4, 0.5) is 0 Å². The van der Waals surface area contributed by atoms with Crippen LogP contribution in [0.3, 0.4) is 0 Å². The zero-order valence-electron chi connectivity index (χ0n) is 8.75. The van der Waals surface area contributed by atoms with Gasteiger partial charge in [0, 0.05) is 14.0 Å². The Labute approximate surface area is 82.5 Å². The second kappa shape index (κ2) is 3.65. The monoisotopic (exact) mass is 195 g/mol. The molecule has 0 spiro atoms. The lowest BCUT2D eigenvalue weighted by Crippen LogP contribution is -2.11. The summed E-state index contributed by atoms with van der Waals surface area (Å²) in [5, 5.41) is 0. The number of ether oxygens (including phenoxy) is 1. The number of aryl methyl sites for hydroxylation is 1. The summed E-state index contributed by atoms with van der Waals surface area (Å²) in [4.78, 5) is 22.5. The van der Waals surface area contributed by atoms with Gasteiger partial charge in [0.1, 0.15) is 5.69 Å². The highest BCUT2D eigenvalue weighted by molar-refractivity contribution is 5.97. The molecule has 0 aliphatic carbocycles. The van der Waals surface area contributed by atoms with E-state index in [1.165, 1.54) is 14.0 Å². The molecule has 1 aromatic heterocycles. The number of methoxy groups -OCH3 is 1. The fraction of sp³-hybridized carbons (Fsp3) is 0.400. The average molecular weight is 195 g/mol. The molecule has 0 aromatic carbocycles. The first-order chi connectivity index (χ1) is 6.49. The molecule has 4 nitrogen and oxygen atoms in total. The van der Waals surface area contributed by atoms with E-state index in [1.807, 2.05) is 0 Å². The molecular formula is C10H13NO3. The van der Waals surface area contributed by atoms with E-state index in [2.05, 4.69) is 4.74 Å². The van der Waals surface area contributed by atoms with Crippen LogP contribution in [-0.4, -0.2) is 23.4 Å². The van der Waals surface area contributed by atoms with E-state index in [9.17, 15) is 9.59 Å². The molecule has 1 aromatic rings. The standard InChI is InChI=1S/C10H13NO3/c1-6-5-8(7(2)12)11(3)9(6)10(13)14-4/h5H,1-4H3. The number of esters is 1. The number of rotatable bonds is 2. The fourth-order valence-corrected chi connectivity index (χ4v) is 1.49. The third-order valence-electron chi connectivity index (χ3n) is 2.16. The van der Waals surface area contributed by atoms with Gasteiger partial charge in [0.05, 0.1) is 12.8 Å². The van der Waals surface area contributed by atoms with Crippen LogP contribution in [0, 0.1) is 6.92 Å². The first-order valence-corrected chi connectivity index (χ1v) is 4.24. The van der Waals surface area contributed by atoms with Gasteiger partial charge in [0.15, 0.2) is 5.78 Å². The van der Waals surface area contributed by atoms with Crippen molar-refractivity contribution in [3.05, 3.63) is 23.0 Å². The smallest absolute Gasteiger partial charge is 0.354 e. The number of hydrogen-bond acceptors (Lipinski definition) is 3. The summed E-state index contributed by atoms with van der Waals surface area (Å²) < 4.78 is 6.18. The highest BCUT2D eigenvalue weighted by Crippen LogP contribution is 2.15. The molecule has 0 atom stereocenters. The number of hydrogen-bond donors (Lipinski definition) is 0. The van der Waals surface area contributed by atoms with Gasteiger partial charge in [-0.3, -0.25) is 4.79 Å². The summed E-state index contributed by atoms with van der Waals surface area (Å²) in [6.45, 7) is 3.24. The number of ketones is 1. The van der Waals surface area contributed by atoms with E-state index in [4.69, 9.17) is 0 Å². The maximum absolute atomic E-state index is 11.3. The second-order valence-electron chi connectivity index (χ2n) is 3.17. The summed E-state index contributed by atoms with van der Waals surface area (Å²) in [6.07, 6.45) is 0. The van der Waals surface area contributed by atoms with Gasteiger partial charge in [-0.2, -0.15) is 0 Å². The van der Waals surface area contributed by atoms with Crippen LogP contribution < -0.4 is 0 Å². The van der Waals surface area contributed by atoms with E-state index < -0.39 is 5.97 Å². The third kappa shape index (κ3) is 1.55. The Morgan fingerprint density at radius 2 is 2.00 bits per heavy atom. The van der Waals surface area contributed by atoms with Gasteiger partial charge in [0.2, 0.25) is 0 Å². The van der Waals surface area contributed by atoms with Crippen LogP contribution in [-0.2, 0) is 11.8 Å². The molecular weight excluding hydrogens is 182 g/mol. The molecule has 1 heterocycles. The second-order valence-corrected chi connectivity index (χ2v) is 3.17. The molecule has 0 amide bonds. The minimum absolute atomic E-state index is 0.0641. The van der Waals surface area contributed by atoms with Crippen molar-refractivity contribution in [3.8, 4) is 0 Å². The Hall–Kier alpha value is -1.58.